The average molecular weight is 189 g/mol. The molecule has 0 unspecified atom stereocenters. The Kier molecular flexibility index (Phi) is 2.39. The van der Waals surface area contributed by atoms with Gasteiger partial charge in [-0.05, 0) is 0 Å². The number of carbonyl (C=O) groups excluding carboxylic acids is 1. The molecule has 68 valence electrons. The molecule has 0 bridgehead atoms. The van der Waals surface area contributed by atoms with Crippen LogP contribution < -0.4 is 0 Å². The van der Waals surface area contributed by atoms with Crippen LogP contribution in [0, 0.1) is 0 Å². The summed E-state index contributed by atoms with van der Waals surface area (Å²) < 4.78 is 35.6. The molecule has 1 rings (SSSR count). The van der Waals surface area contributed by atoms with Crippen molar-refractivity contribution >= 4 is 11.8 Å². The minimum atomic E-state index is -4.58. The first kappa shape index (κ1) is 9.34. The summed E-state index contributed by atoms with van der Waals surface area (Å²) in [4.78, 5) is 18.6. The summed E-state index contributed by atoms with van der Waals surface area (Å²) in [7, 11) is 0. The quantitative estimate of drug-likeness (QED) is 0.496. The van der Waals surface area contributed by atoms with E-state index in [1.54, 1.807) is 0 Å². The van der Waals surface area contributed by atoms with Crippen LogP contribution in [0.1, 0.15) is 5.82 Å². The molecule has 0 spiro atoms. The monoisotopic (exact) mass is 189 g/mol. The van der Waals surface area contributed by atoms with Gasteiger partial charge in [0.15, 0.2) is 0 Å². The zero-order chi connectivity index (χ0) is 9.90. The van der Waals surface area contributed by atoms with Crippen molar-refractivity contribution < 1.29 is 18.0 Å². The fourth-order valence-electron chi connectivity index (χ4n) is 0.578. The summed E-state index contributed by atoms with van der Waals surface area (Å²) in [5, 5.41) is 0. The van der Waals surface area contributed by atoms with Crippen molar-refractivity contribution in [3.8, 4) is 0 Å². The second kappa shape index (κ2) is 3.32. The van der Waals surface area contributed by atoms with Crippen molar-refractivity contribution in [2.24, 2.45) is 4.99 Å². The van der Waals surface area contributed by atoms with Crippen LogP contribution in [0.15, 0.2) is 17.4 Å². The number of aromatic nitrogens is 2. The molecule has 0 atom stereocenters. The molecule has 4 nitrogen and oxygen atoms in total. The zero-order valence-electron chi connectivity index (χ0n) is 6.04. The first-order valence-electron chi connectivity index (χ1n) is 3.01. The fraction of sp³-hybridized carbons (Fsp3) is 0.167. The largest absolute Gasteiger partial charge is 0.451 e. The van der Waals surface area contributed by atoms with Gasteiger partial charge in [0.2, 0.25) is 11.9 Å². The predicted molar refractivity (Wildman–Crippen MR) is 34.8 cm³/mol. The number of rotatable bonds is 1. The van der Waals surface area contributed by atoms with Gasteiger partial charge in [0.1, 0.15) is 5.69 Å². The van der Waals surface area contributed by atoms with E-state index in [4.69, 9.17) is 0 Å². The molecular weight excluding hydrogens is 187 g/mol. The van der Waals surface area contributed by atoms with Crippen LogP contribution in [0.4, 0.5) is 18.9 Å². The molecule has 0 aromatic carbocycles. The summed E-state index contributed by atoms with van der Waals surface area (Å²) in [6.45, 7) is 0. The van der Waals surface area contributed by atoms with E-state index < -0.39 is 12.0 Å². The van der Waals surface area contributed by atoms with Crippen molar-refractivity contribution in [2.45, 2.75) is 6.18 Å². The van der Waals surface area contributed by atoms with Gasteiger partial charge in [0.25, 0.3) is 0 Å². The lowest BCUT2D eigenvalue weighted by Crippen LogP contribution is -2.09. The maximum Gasteiger partial charge on any atom is 0.451 e. The van der Waals surface area contributed by atoms with Gasteiger partial charge >= 0.3 is 6.18 Å². The molecule has 0 radical (unpaired) electrons. The minimum Gasteiger partial charge on any atom is -0.231 e. The second-order valence-corrected chi connectivity index (χ2v) is 1.97. The third-order valence-electron chi connectivity index (χ3n) is 1.07. The van der Waals surface area contributed by atoms with Gasteiger partial charge in [-0.2, -0.15) is 18.2 Å². The van der Waals surface area contributed by atoms with Crippen LogP contribution in [0.5, 0.6) is 0 Å². The normalized spacial score (nSPS) is 10.7. The van der Waals surface area contributed by atoms with E-state index >= 15 is 0 Å². The first-order valence-corrected chi connectivity index (χ1v) is 3.01. The number of nitrogens with zero attached hydrogens (tertiary/aromatic N) is 3. The molecule has 0 aliphatic carbocycles. The molecular formula is C6H2F3N3O. The third kappa shape index (κ3) is 2.34. The van der Waals surface area contributed by atoms with Gasteiger partial charge in [0, 0.05) is 0 Å². The Labute approximate surface area is 70.2 Å². The van der Waals surface area contributed by atoms with E-state index in [0.717, 1.165) is 18.5 Å². The number of aliphatic imine (C=N–C) groups is 1. The molecule has 1 heterocycles. The number of hydrogen-bond acceptors (Lipinski definition) is 4. The number of alkyl halides is 3. The first-order chi connectivity index (χ1) is 6.04. The smallest absolute Gasteiger partial charge is 0.231 e. The summed E-state index contributed by atoms with van der Waals surface area (Å²) in [6, 6.07) is 0. The van der Waals surface area contributed by atoms with E-state index in [-0.39, 0.29) is 5.69 Å². The third-order valence-corrected chi connectivity index (χ3v) is 1.07. The van der Waals surface area contributed by atoms with E-state index in [1.807, 2.05) is 0 Å². The van der Waals surface area contributed by atoms with Gasteiger partial charge in [-0.25, -0.2) is 14.8 Å². The van der Waals surface area contributed by atoms with Gasteiger partial charge in [-0.1, -0.05) is 0 Å². The maximum atomic E-state index is 11.9. The highest BCUT2D eigenvalue weighted by molar-refractivity contribution is 5.45. The van der Waals surface area contributed by atoms with Gasteiger partial charge in [0.05, 0.1) is 12.4 Å². The Morgan fingerprint density at radius 3 is 2.23 bits per heavy atom. The lowest BCUT2D eigenvalue weighted by atomic mass is 10.5. The van der Waals surface area contributed by atoms with Crippen molar-refractivity contribution in [1.82, 2.24) is 9.97 Å². The van der Waals surface area contributed by atoms with Gasteiger partial charge in [-0.3, -0.25) is 0 Å². The van der Waals surface area contributed by atoms with Crippen molar-refractivity contribution in [2.75, 3.05) is 0 Å². The van der Waals surface area contributed by atoms with Crippen LogP contribution in [0.2, 0.25) is 0 Å². The van der Waals surface area contributed by atoms with Crippen molar-refractivity contribution in [3.63, 3.8) is 0 Å². The lowest BCUT2D eigenvalue weighted by Gasteiger charge is -2.02. The number of halogens is 3. The van der Waals surface area contributed by atoms with Crippen LogP contribution in [0.3, 0.4) is 0 Å². The summed E-state index contributed by atoms with van der Waals surface area (Å²) in [5.74, 6) is -1.27. The molecule has 13 heavy (non-hydrogen) atoms. The minimum absolute atomic E-state index is 0.0667. The highest BCUT2D eigenvalue weighted by Gasteiger charge is 2.34. The lowest BCUT2D eigenvalue weighted by molar-refractivity contribution is -0.144. The molecule has 1 aromatic heterocycles. The standard InChI is InChI=1S/C6H2F3N3O/c7-6(8,9)5-10-1-4(2-11-5)12-3-13/h1-2H. The summed E-state index contributed by atoms with van der Waals surface area (Å²) in [6.07, 6.45) is -1.84. The number of hydrogen-bond donors (Lipinski definition) is 0. The molecule has 0 N–H and O–H groups in total. The Hall–Kier alpha value is -1.75. The number of isocyanates is 1. The van der Waals surface area contributed by atoms with Crippen molar-refractivity contribution in [1.29, 1.82) is 0 Å². The Morgan fingerprint density at radius 1 is 1.31 bits per heavy atom. The topological polar surface area (TPSA) is 55.2 Å². The second-order valence-electron chi connectivity index (χ2n) is 1.97. The summed E-state index contributed by atoms with van der Waals surface area (Å²) >= 11 is 0. The van der Waals surface area contributed by atoms with Gasteiger partial charge in [-0.15, -0.1) is 0 Å². The molecule has 0 fully saturated rings. The Bertz CT molecular complexity index is 339. The van der Waals surface area contributed by atoms with E-state index in [9.17, 15) is 18.0 Å². The highest BCUT2D eigenvalue weighted by atomic mass is 19.4. The van der Waals surface area contributed by atoms with Crippen LogP contribution in [-0.4, -0.2) is 16.0 Å². The van der Waals surface area contributed by atoms with Crippen LogP contribution >= 0.6 is 0 Å². The highest BCUT2D eigenvalue weighted by Crippen LogP contribution is 2.25. The fourth-order valence-corrected chi connectivity index (χ4v) is 0.578. The Morgan fingerprint density at radius 2 is 1.85 bits per heavy atom. The molecule has 0 amide bonds. The zero-order valence-corrected chi connectivity index (χ0v) is 6.04. The average Bonchev–Trinajstić information content (AvgIpc) is 2.04. The predicted octanol–water partition coefficient (Wildman–Crippen LogP) is 1.46. The molecule has 0 saturated carbocycles. The Balaban J connectivity index is 3.00. The molecule has 7 heteroatoms. The van der Waals surface area contributed by atoms with Crippen LogP contribution in [-0.2, 0) is 11.0 Å². The molecule has 0 aliphatic heterocycles. The molecule has 1 aromatic rings. The van der Waals surface area contributed by atoms with Crippen molar-refractivity contribution in [3.05, 3.63) is 18.2 Å². The van der Waals surface area contributed by atoms with Gasteiger partial charge < -0.3 is 0 Å². The van der Waals surface area contributed by atoms with E-state index in [0.29, 0.717) is 0 Å². The van der Waals surface area contributed by atoms with E-state index in [1.165, 1.54) is 0 Å². The van der Waals surface area contributed by atoms with Crippen LogP contribution in [0.25, 0.3) is 0 Å². The summed E-state index contributed by atoms with van der Waals surface area (Å²) in [5.41, 5.74) is -0.0667. The molecule has 0 aliphatic rings. The maximum absolute atomic E-state index is 11.9. The molecule has 0 saturated heterocycles. The van der Waals surface area contributed by atoms with E-state index in [2.05, 4.69) is 15.0 Å². The SMILES string of the molecule is O=C=Nc1cnc(C(F)(F)F)nc1.